The van der Waals surface area contributed by atoms with Crippen molar-refractivity contribution in [2.45, 2.75) is 13.0 Å². The normalized spacial score (nSPS) is 12.3. The van der Waals surface area contributed by atoms with Crippen LogP contribution >= 0.6 is 0 Å². The maximum Gasteiger partial charge on any atom is 0.123 e. The Morgan fingerprint density at radius 2 is 1.81 bits per heavy atom. The number of pyridine rings is 1. The van der Waals surface area contributed by atoms with Crippen molar-refractivity contribution < 1.29 is 4.39 Å². The van der Waals surface area contributed by atoms with Crippen LogP contribution in [0.5, 0.6) is 0 Å². The predicted molar refractivity (Wildman–Crippen MR) is 84.6 cm³/mol. The van der Waals surface area contributed by atoms with Gasteiger partial charge in [0, 0.05) is 11.4 Å². The van der Waals surface area contributed by atoms with Gasteiger partial charge in [-0.1, -0.05) is 30.3 Å². The number of anilines is 2. The second-order valence-electron chi connectivity index (χ2n) is 5.02. The number of aromatic nitrogens is 1. The fraction of sp³-hybridized carbons (Fsp3) is 0.118. The number of para-hydroxylation sites is 1. The maximum atomic E-state index is 13.0. The van der Waals surface area contributed by atoms with Gasteiger partial charge in [-0.15, -0.1) is 0 Å². The number of fused-ring (bicyclic) bond motifs is 1. The highest BCUT2D eigenvalue weighted by atomic mass is 19.1. The van der Waals surface area contributed by atoms with Crippen LogP contribution in [0, 0.1) is 5.82 Å². The molecule has 3 aromatic rings. The van der Waals surface area contributed by atoms with Gasteiger partial charge in [0.25, 0.3) is 0 Å². The number of nitrogen functional groups attached to an aromatic ring is 1. The standard InChI is InChI=1S/C17H16FN3/c1-11(12-6-8-13(18)9-7-12)21-17-14-4-2-3-5-16(14)20-10-15(17)19/h2-11H,19H2,1H3,(H,20,21). The molecule has 106 valence electrons. The summed E-state index contributed by atoms with van der Waals surface area (Å²) in [7, 11) is 0. The van der Waals surface area contributed by atoms with Crippen molar-refractivity contribution in [3.8, 4) is 0 Å². The first-order chi connectivity index (χ1) is 10.1. The van der Waals surface area contributed by atoms with E-state index in [4.69, 9.17) is 5.73 Å². The summed E-state index contributed by atoms with van der Waals surface area (Å²) in [5.74, 6) is -0.236. The van der Waals surface area contributed by atoms with Gasteiger partial charge in [0.2, 0.25) is 0 Å². The summed E-state index contributed by atoms with van der Waals surface area (Å²) in [6.45, 7) is 2.02. The van der Waals surface area contributed by atoms with Gasteiger partial charge in [0.15, 0.2) is 0 Å². The van der Waals surface area contributed by atoms with Gasteiger partial charge < -0.3 is 11.1 Å². The van der Waals surface area contributed by atoms with E-state index in [0.29, 0.717) is 5.69 Å². The largest absolute Gasteiger partial charge is 0.396 e. The van der Waals surface area contributed by atoms with Crippen molar-refractivity contribution in [1.29, 1.82) is 0 Å². The van der Waals surface area contributed by atoms with Crippen molar-refractivity contribution in [3.05, 3.63) is 66.1 Å². The Kier molecular flexibility index (Phi) is 3.44. The summed E-state index contributed by atoms with van der Waals surface area (Å²) in [5.41, 5.74) is 9.40. The van der Waals surface area contributed by atoms with E-state index in [1.54, 1.807) is 18.3 Å². The third-order valence-corrected chi connectivity index (χ3v) is 3.54. The van der Waals surface area contributed by atoms with E-state index in [2.05, 4.69) is 10.3 Å². The van der Waals surface area contributed by atoms with Gasteiger partial charge in [0.1, 0.15) is 5.82 Å². The van der Waals surface area contributed by atoms with Crippen LogP contribution in [0.2, 0.25) is 0 Å². The third kappa shape index (κ3) is 2.65. The van der Waals surface area contributed by atoms with E-state index in [1.807, 2.05) is 31.2 Å². The Bertz CT molecular complexity index is 769. The number of nitrogens with two attached hydrogens (primary N) is 1. The van der Waals surface area contributed by atoms with Crippen LogP contribution in [-0.2, 0) is 0 Å². The van der Waals surface area contributed by atoms with E-state index in [1.165, 1.54) is 12.1 Å². The number of rotatable bonds is 3. The summed E-state index contributed by atoms with van der Waals surface area (Å²) in [6.07, 6.45) is 1.65. The first-order valence-corrected chi connectivity index (χ1v) is 6.80. The van der Waals surface area contributed by atoms with Gasteiger partial charge in [-0.3, -0.25) is 4.98 Å². The Morgan fingerprint density at radius 3 is 2.57 bits per heavy atom. The minimum atomic E-state index is -0.236. The lowest BCUT2D eigenvalue weighted by Crippen LogP contribution is -2.09. The molecular formula is C17H16FN3. The Balaban J connectivity index is 1.97. The van der Waals surface area contributed by atoms with Crippen molar-refractivity contribution in [3.63, 3.8) is 0 Å². The average molecular weight is 281 g/mol. The van der Waals surface area contributed by atoms with Crippen LogP contribution in [0.25, 0.3) is 10.9 Å². The fourth-order valence-electron chi connectivity index (χ4n) is 2.37. The smallest absolute Gasteiger partial charge is 0.123 e. The Labute approximate surface area is 122 Å². The number of halogens is 1. The molecule has 3 nitrogen and oxygen atoms in total. The van der Waals surface area contributed by atoms with Gasteiger partial charge in [-0.2, -0.15) is 0 Å². The molecule has 0 saturated heterocycles. The van der Waals surface area contributed by atoms with Crippen LogP contribution in [0.15, 0.2) is 54.7 Å². The number of nitrogens with one attached hydrogen (secondary N) is 1. The summed E-state index contributed by atoms with van der Waals surface area (Å²) in [5, 5.41) is 4.38. The lowest BCUT2D eigenvalue weighted by atomic mass is 10.1. The number of nitrogens with zero attached hydrogens (tertiary/aromatic N) is 1. The lowest BCUT2D eigenvalue weighted by molar-refractivity contribution is 0.626. The molecule has 0 spiro atoms. The Morgan fingerprint density at radius 1 is 1.10 bits per heavy atom. The molecule has 0 aliphatic heterocycles. The summed E-state index contributed by atoms with van der Waals surface area (Å²) in [6, 6.07) is 14.3. The molecule has 0 bridgehead atoms. The van der Waals surface area contributed by atoms with Crippen molar-refractivity contribution in [1.82, 2.24) is 4.98 Å². The summed E-state index contributed by atoms with van der Waals surface area (Å²) >= 11 is 0. The zero-order valence-corrected chi connectivity index (χ0v) is 11.7. The van der Waals surface area contributed by atoms with E-state index >= 15 is 0 Å². The highest BCUT2D eigenvalue weighted by Gasteiger charge is 2.11. The first kappa shape index (κ1) is 13.4. The molecule has 1 unspecified atom stereocenters. The second-order valence-corrected chi connectivity index (χ2v) is 5.02. The molecule has 2 aromatic carbocycles. The lowest BCUT2D eigenvalue weighted by Gasteiger charge is -2.18. The fourth-order valence-corrected chi connectivity index (χ4v) is 2.37. The summed E-state index contributed by atoms with van der Waals surface area (Å²) < 4.78 is 13.0. The van der Waals surface area contributed by atoms with Crippen LogP contribution in [0.4, 0.5) is 15.8 Å². The van der Waals surface area contributed by atoms with Gasteiger partial charge >= 0.3 is 0 Å². The van der Waals surface area contributed by atoms with E-state index in [9.17, 15) is 4.39 Å². The molecule has 0 fully saturated rings. The number of benzene rings is 2. The minimum absolute atomic E-state index is 0.0127. The molecule has 0 radical (unpaired) electrons. The molecule has 0 saturated carbocycles. The van der Waals surface area contributed by atoms with Crippen molar-refractivity contribution in [2.75, 3.05) is 11.1 Å². The van der Waals surface area contributed by atoms with Gasteiger partial charge in [-0.25, -0.2) is 4.39 Å². The van der Waals surface area contributed by atoms with Crippen LogP contribution in [-0.4, -0.2) is 4.98 Å². The third-order valence-electron chi connectivity index (χ3n) is 3.54. The summed E-state index contributed by atoms with van der Waals surface area (Å²) in [4.78, 5) is 4.32. The van der Waals surface area contributed by atoms with Gasteiger partial charge in [0.05, 0.1) is 23.1 Å². The topological polar surface area (TPSA) is 50.9 Å². The quantitative estimate of drug-likeness (QED) is 0.759. The zero-order valence-electron chi connectivity index (χ0n) is 11.7. The molecule has 0 aliphatic rings. The molecule has 3 rings (SSSR count). The first-order valence-electron chi connectivity index (χ1n) is 6.80. The number of hydrogen-bond acceptors (Lipinski definition) is 3. The molecular weight excluding hydrogens is 265 g/mol. The minimum Gasteiger partial charge on any atom is -0.396 e. The molecule has 0 amide bonds. The van der Waals surface area contributed by atoms with E-state index in [-0.39, 0.29) is 11.9 Å². The molecule has 1 aromatic heterocycles. The molecule has 0 aliphatic carbocycles. The second kappa shape index (κ2) is 5.40. The molecule has 1 atom stereocenters. The predicted octanol–water partition coefficient (Wildman–Crippen LogP) is 4.13. The van der Waals surface area contributed by atoms with Gasteiger partial charge in [-0.05, 0) is 30.7 Å². The molecule has 3 N–H and O–H groups in total. The zero-order chi connectivity index (χ0) is 14.8. The van der Waals surface area contributed by atoms with Crippen molar-refractivity contribution >= 4 is 22.3 Å². The highest BCUT2D eigenvalue weighted by Crippen LogP contribution is 2.30. The van der Waals surface area contributed by atoms with Crippen molar-refractivity contribution in [2.24, 2.45) is 0 Å². The van der Waals surface area contributed by atoms with Crippen LogP contribution in [0.3, 0.4) is 0 Å². The van der Waals surface area contributed by atoms with Crippen LogP contribution < -0.4 is 11.1 Å². The molecule has 4 heteroatoms. The van der Waals surface area contributed by atoms with E-state index in [0.717, 1.165) is 22.2 Å². The SMILES string of the molecule is CC(Nc1c(N)cnc2ccccc12)c1ccc(F)cc1. The number of hydrogen-bond donors (Lipinski definition) is 2. The van der Waals surface area contributed by atoms with Crippen LogP contribution in [0.1, 0.15) is 18.5 Å². The van der Waals surface area contributed by atoms with E-state index < -0.39 is 0 Å². The monoisotopic (exact) mass is 281 g/mol. The molecule has 1 heterocycles. The maximum absolute atomic E-state index is 13.0. The average Bonchev–Trinajstić information content (AvgIpc) is 2.51. The molecule has 21 heavy (non-hydrogen) atoms. The highest BCUT2D eigenvalue weighted by molar-refractivity contribution is 5.96. The Hall–Kier alpha value is -2.62.